The highest BCUT2D eigenvalue weighted by Gasteiger charge is 2.35. The minimum absolute atomic E-state index is 0.0165. The maximum atomic E-state index is 13.1. The van der Waals surface area contributed by atoms with Gasteiger partial charge in [0.25, 0.3) is 0 Å². The first-order valence-electron chi connectivity index (χ1n) is 8.57. The molecule has 0 aliphatic rings. The fourth-order valence-electron chi connectivity index (χ4n) is 2.64. The number of carbonyl (C=O) groups excluding carboxylic acids is 1. The van der Waals surface area contributed by atoms with Crippen LogP contribution in [0.25, 0.3) is 0 Å². The van der Waals surface area contributed by atoms with Crippen molar-refractivity contribution in [2.75, 3.05) is 12.4 Å². The molecule has 2 rings (SSSR count). The first-order valence-corrected chi connectivity index (χ1v) is 10.8. The molecule has 0 bridgehead atoms. The van der Waals surface area contributed by atoms with E-state index < -0.39 is 44.6 Å². The molecule has 0 amide bonds. The zero-order chi connectivity index (χ0) is 21.7. The molecule has 1 aromatic carbocycles. The molecule has 1 heterocycles. The average Bonchev–Trinajstić information content (AvgIpc) is 2.63. The van der Waals surface area contributed by atoms with Crippen LogP contribution in [-0.4, -0.2) is 36.7 Å². The van der Waals surface area contributed by atoms with E-state index in [4.69, 9.17) is 16.3 Å². The Kier molecular flexibility index (Phi) is 7.59. The number of carbonyl (C=O) groups is 1. The van der Waals surface area contributed by atoms with Crippen LogP contribution in [0.2, 0.25) is 5.02 Å². The van der Waals surface area contributed by atoms with Gasteiger partial charge in [0.05, 0.1) is 29.4 Å². The van der Waals surface area contributed by atoms with E-state index in [0.717, 1.165) is 12.1 Å². The van der Waals surface area contributed by atoms with Crippen molar-refractivity contribution >= 4 is 27.4 Å². The van der Waals surface area contributed by atoms with Crippen LogP contribution in [-0.2, 0) is 32.9 Å². The molecule has 0 saturated carbocycles. The van der Waals surface area contributed by atoms with Crippen molar-refractivity contribution in [1.29, 1.82) is 0 Å². The Morgan fingerprint density at radius 1 is 1.21 bits per heavy atom. The van der Waals surface area contributed by atoms with E-state index in [0.29, 0.717) is 0 Å². The van der Waals surface area contributed by atoms with Crippen LogP contribution in [0.3, 0.4) is 0 Å². The summed E-state index contributed by atoms with van der Waals surface area (Å²) < 4.78 is 69.1. The number of ether oxygens (including phenoxy) is 1. The third-order valence-corrected chi connectivity index (χ3v) is 5.89. The van der Waals surface area contributed by atoms with Crippen LogP contribution in [0.15, 0.2) is 30.6 Å². The Hall–Kier alpha value is -2.20. The SMILES string of the molecule is CCOC(=O)c1nccnc1CCCS(=O)(=O)Cc1c(Cl)cccc1C(F)(F)F. The summed E-state index contributed by atoms with van der Waals surface area (Å²) in [5.74, 6) is -1.93. The number of sulfone groups is 1. The second-order valence-corrected chi connectivity index (χ2v) is 8.62. The van der Waals surface area contributed by atoms with Gasteiger partial charge >= 0.3 is 12.1 Å². The standard InChI is InChI=1S/C18H18ClF3N2O4S/c1-2-28-17(25)16-15(23-8-9-24-16)7-4-10-29(26,27)11-12-13(18(20,21)22)5-3-6-14(12)19/h3,5-6,8-9H,2,4,7,10-11H2,1H3. The van der Waals surface area contributed by atoms with Crippen molar-refractivity contribution in [2.24, 2.45) is 0 Å². The van der Waals surface area contributed by atoms with Crippen molar-refractivity contribution in [3.63, 3.8) is 0 Å². The van der Waals surface area contributed by atoms with Crippen LogP contribution in [0.1, 0.15) is 40.7 Å². The van der Waals surface area contributed by atoms with Gasteiger partial charge in [0.15, 0.2) is 15.5 Å². The lowest BCUT2D eigenvalue weighted by Crippen LogP contribution is -2.17. The lowest BCUT2D eigenvalue weighted by Gasteiger charge is -2.14. The van der Waals surface area contributed by atoms with Gasteiger partial charge in [0.1, 0.15) is 0 Å². The predicted molar refractivity (Wildman–Crippen MR) is 100 cm³/mol. The Labute approximate surface area is 171 Å². The van der Waals surface area contributed by atoms with Gasteiger partial charge in [0, 0.05) is 17.4 Å². The molecular weight excluding hydrogens is 433 g/mol. The van der Waals surface area contributed by atoms with Gasteiger partial charge in [-0.3, -0.25) is 4.98 Å². The van der Waals surface area contributed by atoms with Crippen LogP contribution >= 0.6 is 11.6 Å². The van der Waals surface area contributed by atoms with Gasteiger partial charge in [-0.15, -0.1) is 0 Å². The molecule has 0 N–H and O–H groups in total. The molecule has 11 heteroatoms. The van der Waals surface area contributed by atoms with Crippen molar-refractivity contribution < 1.29 is 31.1 Å². The molecule has 29 heavy (non-hydrogen) atoms. The molecule has 158 valence electrons. The lowest BCUT2D eigenvalue weighted by atomic mass is 10.1. The van der Waals surface area contributed by atoms with E-state index in [1.54, 1.807) is 6.92 Å². The quantitative estimate of drug-likeness (QED) is 0.567. The second-order valence-electron chi connectivity index (χ2n) is 6.03. The molecule has 0 atom stereocenters. The number of nitrogens with zero attached hydrogens (tertiary/aromatic N) is 2. The van der Waals surface area contributed by atoms with E-state index in [-0.39, 0.29) is 35.9 Å². The van der Waals surface area contributed by atoms with Crippen LogP contribution in [0.4, 0.5) is 13.2 Å². The van der Waals surface area contributed by atoms with E-state index in [9.17, 15) is 26.4 Å². The highest BCUT2D eigenvalue weighted by molar-refractivity contribution is 7.90. The summed E-state index contributed by atoms with van der Waals surface area (Å²) in [5, 5.41) is -0.262. The number of alkyl halides is 3. The predicted octanol–water partition coefficient (Wildman–Crippen LogP) is 3.87. The van der Waals surface area contributed by atoms with E-state index in [2.05, 4.69) is 9.97 Å². The number of benzene rings is 1. The number of hydrogen-bond acceptors (Lipinski definition) is 6. The number of aryl methyl sites for hydroxylation is 1. The minimum Gasteiger partial charge on any atom is -0.461 e. The largest absolute Gasteiger partial charge is 0.461 e. The van der Waals surface area contributed by atoms with Gasteiger partial charge in [0.2, 0.25) is 0 Å². The Morgan fingerprint density at radius 2 is 1.90 bits per heavy atom. The highest BCUT2D eigenvalue weighted by atomic mass is 35.5. The fourth-order valence-corrected chi connectivity index (χ4v) is 4.44. The molecular formula is C18H18ClF3N2O4S. The number of hydrogen-bond donors (Lipinski definition) is 0. The zero-order valence-electron chi connectivity index (χ0n) is 15.4. The van der Waals surface area contributed by atoms with Crippen molar-refractivity contribution in [1.82, 2.24) is 9.97 Å². The summed E-state index contributed by atoms with van der Waals surface area (Å²) in [6.07, 6.45) is -1.92. The van der Waals surface area contributed by atoms with Crippen LogP contribution in [0.5, 0.6) is 0 Å². The van der Waals surface area contributed by atoms with E-state index in [1.165, 1.54) is 18.5 Å². The van der Waals surface area contributed by atoms with Crippen LogP contribution in [0, 0.1) is 0 Å². The lowest BCUT2D eigenvalue weighted by molar-refractivity contribution is -0.138. The summed E-state index contributed by atoms with van der Waals surface area (Å²) in [4.78, 5) is 19.8. The molecule has 0 spiro atoms. The first-order chi connectivity index (χ1) is 13.5. The maximum absolute atomic E-state index is 13.1. The Balaban J connectivity index is 2.11. The summed E-state index contributed by atoms with van der Waals surface area (Å²) in [5.41, 5.74) is -1.31. The van der Waals surface area contributed by atoms with Crippen molar-refractivity contribution in [2.45, 2.75) is 31.7 Å². The molecule has 0 radical (unpaired) electrons. The molecule has 0 aliphatic heterocycles. The Morgan fingerprint density at radius 3 is 2.55 bits per heavy atom. The summed E-state index contributed by atoms with van der Waals surface area (Å²) in [6.45, 7) is 1.77. The molecule has 0 unspecified atom stereocenters. The van der Waals surface area contributed by atoms with Gasteiger partial charge in [-0.25, -0.2) is 18.2 Å². The van der Waals surface area contributed by atoms with E-state index in [1.807, 2.05) is 0 Å². The molecule has 0 aliphatic carbocycles. The van der Waals surface area contributed by atoms with Gasteiger partial charge < -0.3 is 4.74 Å². The summed E-state index contributed by atoms with van der Waals surface area (Å²) >= 11 is 5.82. The molecule has 1 aromatic heterocycles. The number of halogens is 4. The third kappa shape index (κ3) is 6.40. The van der Waals surface area contributed by atoms with Crippen LogP contribution < -0.4 is 0 Å². The van der Waals surface area contributed by atoms with Crippen molar-refractivity contribution in [3.05, 3.63) is 58.1 Å². The fraction of sp³-hybridized carbons (Fsp3) is 0.389. The van der Waals surface area contributed by atoms with E-state index >= 15 is 0 Å². The monoisotopic (exact) mass is 450 g/mol. The zero-order valence-corrected chi connectivity index (χ0v) is 16.9. The van der Waals surface area contributed by atoms with Gasteiger partial charge in [-0.1, -0.05) is 17.7 Å². The molecule has 6 nitrogen and oxygen atoms in total. The molecule has 0 fully saturated rings. The minimum atomic E-state index is -4.72. The first kappa shape index (κ1) is 23.1. The van der Waals surface area contributed by atoms with Gasteiger partial charge in [-0.05, 0) is 37.5 Å². The molecule has 0 saturated heterocycles. The molecule has 2 aromatic rings. The topological polar surface area (TPSA) is 86.2 Å². The smallest absolute Gasteiger partial charge is 0.416 e. The maximum Gasteiger partial charge on any atom is 0.416 e. The third-order valence-electron chi connectivity index (χ3n) is 3.90. The normalized spacial score (nSPS) is 12.0. The summed E-state index contributed by atoms with van der Waals surface area (Å²) in [7, 11) is -3.90. The summed E-state index contributed by atoms with van der Waals surface area (Å²) in [6, 6.07) is 3.13. The second kappa shape index (κ2) is 9.53. The Bertz CT molecular complexity index is 981. The number of esters is 1. The number of aromatic nitrogens is 2. The van der Waals surface area contributed by atoms with Crippen molar-refractivity contribution in [3.8, 4) is 0 Å². The van der Waals surface area contributed by atoms with Gasteiger partial charge in [-0.2, -0.15) is 13.2 Å². The highest BCUT2D eigenvalue weighted by Crippen LogP contribution is 2.36. The number of rotatable bonds is 8. The average molecular weight is 451 g/mol.